The molecule has 31 heavy (non-hydrogen) atoms. The number of anilines is 1. The largest absolute Gasteiger partial charge is 0.326 e. The summed E-state index contributed by atoms with van der Waals surface area (Å²) >= 11 is 0. The average molecular weight is 413 g/mol. The number of nitrogens with zero attached hydrogens (tertiary/aromatic N) is 2. The van der Waals surface area contributed by atoms with E-state index in [9.17, 15) is 9.18 Å². The van der Waals surface area contributed by atoms with Crippen molar-refractivity contribution in [1.82, 2.24) is 4.98 Å². The van der Waals surface area contributed by atoms with Gasteiger partial charge in [-0.2, -0.15) is 5.26 Å². The molecule has 2 unspecified atom stereocenters. The van der Waals surface area contributed by atoms with Crippen LogP contribution in [0.1, 0.15) is 49.1 Å². The Morgan fingerprint density at radius 3 is 2.52 bits per heavy atom. The number of aromatic nitrogens is 1. The van der Waals surface area contributed by atoms with Crippen LogP contribution in [0, 0.1) is 34.9 Å². The molecule has 2 saturated carbocycles. The molecule has 2 fully saturated rings. The smallest absolute Gasteiger partial charge is 0.224 e. The Bertz CT molecular complexity index is 1150. The van der Waals surface area contributed by atoms with E-state index in [1.807, 2.05) is 6.20 Å². The van der Waals surface area contributed by atoms with E-state index in [2.05, 4.69) is 22.4 Å². The zero-order chi connectivity index (χ0) is 21.4. The van der Waals surface area contributed by atoms with E-state index >= 15 is 0 Å². The van der Waals surface area contributed by atoms with Crippen molar-refractivity contribution >= 4 is 22.5 Å². The minimum absolute atomic E-state index is 0.0434. The van der Waals surface area contributed by atoms with Gasteiger partial charge < -0.3 is 5.32 Å². The van der Waals surface area contributed by atoms with Crippen molar-refractivity contribution in [1.29, 1.82) is 5.26 Å². The lowest BCUT2D eigenvalue weighted by Crippen LogP contribution is -2.15. The second-order valence-corrected chi connectivity index (χ2v) is 9.03. The zero-order valence-corrected chi connectivity index (χ0v) is 17.2. The van der Waals surface area contributed by atoms with Crippen LogP contribution in [0.2, 0.25) is 0 Å². The van der Waals surface area contributed by atoms with E-state index < -0.39 is 0 Å². The molecule has 1 aromatic heterocycles. The molecule has 3 aromatic rings. The summed E-state index contributed by atoms with van der Waals surface area (Å²) < 4.78 is 13.8. The topological polar surface area (TPSA) is 65.8 Å². The molecule has 4 nitrogen and oxygen atoms in total. The van der Waals surface area contributed by atoms with Gasteiger partial charge in [-0.25, -0.2) is 4.39 Å². The lowest BCUT2D eigenvalue weighted by atomic mass is 9.89. The fraction of sp³-hybridized carbons (Fsp3) is 0.346. The number of hydrogen-bond donors (Lipinski definition) is 1. The summed E-state index contributed by atoms with van der Waals surface area (Å²) in [6.45, 7) is 0. The second kappa shape index (κ2) is 8.11. The maximum Gasteiger partial charge on any atom is 0.224 e. The van der Waals surface area contributed by atoms with Crippen molar-refractivity contribution in [2.75, 3.05) is 5.32 Å². The standard InChI is InChI=1S/C26H24FN3O/c27-21-3-6-25-24(14-21)23(7-8-29-25)20-12-18-9-17(10-19(18)13-20)11-26(31)30-22-4-1-16(15-28)2-5-22/h1-8,14,17-20H,9-13H2,(H,30,31). The van der Waals surface area contributed by atoms with Crippen LogP contribution in [0.25, 0.3) is 10.9 Å². The van der Waals surface area contributed by atoms with Crippen LogP contribution in [0.3, 0.4) is 0 Å². The lowest BCUT2D eigenvalue weighted by molar-refractivity contribution is -0.117. The molecule has 2 atom stereocenters. The highest BCUT2D eigenvalue weighted by atomic mass is 19.1. The van der Waals surface area contributed by atoms with Crippen LogP contribution in [-0.2, 0) is 4.79 Å². The third-order valence-corrected chi connectivity index (χ3v) is 7.06. The molecule has 0 aliphatic heterocycles. The molecule has 1 N–H and O–H groups in total. The first-order valence-electron chi connectivity index (χ1n) is 10.9. The highest BCUT2D eigenvalue weighted by molar-refractivity contribution is 5.90. The summed E-state index contributed by atoms with van der Waals surface area (Å²) in [5.41, 5.74) is 3.39. The van der Waals surface area contributed by atoms with E-state index in [0.717, 1.165) is 42.3 Å². The maximum atomic E-state index is 13.8. The minimum atomic E-state index is -0.215. The van der Waals surface area contributed by atoms with Gasteiger partial charge in [-0.1, -0.05) is 0 Å². The molecule has 5 rings (SSSR count). The highest BCUT2D eigenvalue weighted by Crippen LogP contribution is 2.53. The Labute approximate surface area is 181 Å². The van der Waals surface area contributed by atoms with E-state index in [-0.39, 0.29) is 11.7 Å². The van der Waals surface area contributed by atoms with E-state index in [4.69, 9.17) is 5.26 Å². The number of nitriles is 1. The van der Waals surface area contributed by atoms with Crippen LogP contribution in [-0.4, -0.2) is 10.9 Å². The normalized spacial score (nSPS) is 24.6. The number of pyridine rings is 1. The monoisotopic (exact) mass is 413 g/mol. The van der Waals surface area contributed by atoms with Crippen LogP contribution < -0.4 is 5.32 Å². The first-order chi connectivity index (χ1) is 15.1. The molecule has 5 heteroatoms. The number of amides is 1. The van der Waals surface area contributed by atoms with Gasteiger partial charge in [-0.05, 0) is 103 Å². The quantitative estimate of drug-likeness (QED) is 0.588. The summed E-state index contributed by atoms with van der Waals surface area (Å²) in [5, 5.41) is 12.8. The Balaban J connectivity index is 1.20. The second-order valence-electron chi connectivity index (χ2n) is 9.03. The molecule has 1 heterocycles. The number of carbonyl (C=O) groups is 1. The maximum absolute atomic E-state index is 13.8. The number of carbonyl (C=O) groups excluding carboxylic acids is 1. The van der Waals surface area contributed by atoms with Crippen LogP contribution in [0.15, 0.2) is 54.7 Å². The minimum Gasteiger partial charge on any atom is -0.326 e. The van der Waals surface area contributed by atoms with E-state index in [1.54, 1.807) is 36.4 Å². The molecule has 2 aromatic carbocycles. The van der Waals surface area contributed by atoms with Crippen molar-refractivity contribution < 1.29 is 9.18 Å². The molecule has 0 radical (unpaired) electrons. The third kappa shape index (κ3) is 4.03. The number of benzene rings is 2. The van der Waals surface area contributed by atoms with Gasteiger partial charge in [0.15, 0.2) is 0 Å². The summed E-state index contributed by atoms with van der Waals surface area (Å²) in [4.78, 5) is 16.9. The Morgan fingerprint density at radius 1 is 1.06 bits per heavy atom. The number of halogens is 1. The van der Waals surface area contributed by atoms with Gasteiger partial charge in [-0.3, -0.25) is 9.78 Å². The molecule has 156 valence electrons. The Morgan fingerprint density at radius 2 is 1.81 bits per heavy atom. The molecule has 2 aliphatic carbocycles. The van der Waals surface area contributed by atoms with Gasteiger partial charge in [0.25, 0.3) is 0 Å². The van der Waals surface area contributed by atoms with Crippen molar-refractivity contribution in [2.24, 2.45) is 17.8 Å². The van der Waals surface area contributed by atoms with Crippen molar-refractivity contribution in [3.63, 3.8) is 0 Å². The predicted octanol–water partition coefficient (Wildman–Crippen LogP) is 5.79. The van der Waals surface area contributed by atoms with Crippen molar-refractivity contribution in [2.45, 2.75) is 38.0 Å². The van der Waals surface area contributed by atoms with Gasteiger partial charge in [0, 0.05) is 23.7 Å². The van der Waals surface area contributed by atoms with Crippen molar-refractivity contribution in [3.05, 3.63) is 71.7 Å². The van der Waals surface area contributed by atoms with Crippen LogP contribution >= 0.6 is 0 Å². The van der Waals surface area contributed by atoms with E-state index in [0.29, 0.717) is 35.7 Å². The summed E-state index contributed by atoms with van der Waals surface area (Å²) in [6, 6.07) is 15.9. The number of nitrogens with one attached hydrogen (secondary N) is 1. The number of hydrogen-bond acceptors (Lipinski definition) is 3. The highest BCUT2D eigenvalue weighted by Gasteiger charge is 2.42. The number of rotatable bonds is 4. The molecular formula is C26H24FN3O. The molecule has 0 saturated heterocycles. The Hall–Kier alpha value is -3.26. The molecule has 0 spiro atoms. The van der Waals surface area contributed by atoms with Crippen LogP contribution in [0.5, 0.6) is 0 Å². The van der Waals surface area contributed by atoms with Gasteiger partial charge >= 0.3 is 0 Å². The fourth-order valence-electron chi connectivity index (χ4n) is 5.76. The molecule has 0 bridgehead atoms. The first-order valence-corrected chi connectivity index (χ1v) is 10.9. The van der Waals surface area contributed by atoms with Crippen molar-refractivity contribution in [3.8, 4) is 6.07 Å². The molecule has 2 aliphatic rings. The SMILES string of the molecule is N#Cc1ccc(NC(=O)CC2CC3CC(c4ccnc5ccc(F)cc45)CC3C2)cc1. The lowest BCUT2D eigenvalue weighted by Gasteiger charge is -2.17. The average Bonchev–Trinajstić information content (AvgIpc) is 3.32. The number of fused-ring (bicyclic) bond motifs is 2. The fourth-order valence-corrected chi connectivity index (χ4v) is 5.76. The third-order valence-electron chi connectivity index (χ3n) is 7.06. The summed E-state index contributed by atoms with van der Waals surface area (Å²) in [5.74, 6) is 1.95. The van der Waals surface area contributed by atoms with E-state index in [1.165, 1.54) is 11.6 Å². The van der Waals surface area contributed by atoms with Gasteiger partial charge in [0.05, 0.1) is 17.1 Å². The zero-order valence-electron chi connectivity index (χ0n) is 17.2. The Kier molecular flexibility index (Phi) is 5.15. The summed E-state index contributed by atoms with van der Waals surface area (Å²) in [6.07, 6.45) is 6.75. The van der Waals surface area contributed by atoms with Crippen LogP contribution in [0.4, 0.5) is 10.1 Å². The van der Waals surface area contributed by atoms with Gasteiger partial charge in [0.1, 0.15) is 5.82 Å². The van der Waals surface area contributed by atoms with Gasteiger partial charge in [0.2, 0.25) is 5.91 Å². The molecule has 1 amide bonds. The first kappa shape index (κ1) is 19.7. The predicted molar refractivity (Wildman–Crippen MR) is 118 cm³/mol. The van der Waals surface area contributed by atoms with Gasteiger partial charge in [-0.15, -0.1) is 0 Å². The summed E-state index contributed by atoms with van der Waals surface area (Å²) in [7, 11) is 0. The molecular weight excluding hydrogens is 389 g/mol.